The summed E-state index contributed by atoms with van der Waals surface area (Å²) < 4.78 is 2.38. The number of nitrogens with zero attached hydrogens (tertiary/aromatic N) is 3. The van der Waals surface area contributed by atoms with Crippen molar-refractivity contribution in [3.63, 3.8) is 0 Å². The Bertz CT molecular complexity index is 1120. The highest BCUT2D eigenvalue weighted by atomic mass is 17.8. The van der Waals surface area contributed by atoms with Crippen LogP contribution in [0.25, 0.3) is 23.1 Å². The van der Waals surface area contributed by atoms with Gasteiger partial charge in [-0.15, -0.1) is 0 Å². The van der Waals surface area contributed by atoms with Crippen molar-refractivity contribution in [1.82, 2.24) is 0 Å². The number of allylic oxidation sites excluding steroid dienone is 1. The van der Waals surface area contributed by atoms with Gasteiger partial charge in [0.2, 0.25) is 11.2 Å². The molecule has 8 heteroatoms. The number of aryl methyl sites for hydroxylation is 1. The molecule has 2 aromatic carbocycles. The Morgan fingerprint density at radius 3 is 2.29 bits per heavy atom. The number of likely N-dealkylation sites (N-methyl/N-ethyl adjacent to an activating group) is 1. The largest absolute Gasteiger partial charge is 0.557 e. The molecule has 0 unspecified atom stereocenters. The molecule has 2 aliphatic rings. The highest BCUT2D eigenvalue weighted by molar-refractivity contribution is 5.80. The number of benzene rings is 2. The van der Waals surface area contributed by atoms with Crippen molar-refractivity contribution in [3.05, 3.63) is 94.1 Å². The SMILES string of the molecule is CCN1/C(=C/c2ccc3ccccc3[n+]2CC)C=Cc2ccccc21.O.[O-][N+]1([O-])OO1. The summed E-state index contributed by atoms with van der Waals surface area (Å²) in [7, 11) is 0. The predicted octanol–water partition coefficient (Wildman–Crippen LogP) is 3.81. The van der Waals surface area contributed by atoms with Gasteiger partial charge < -0.3 is 20.8 Å². The van der Waals surface area contributed by atoms with Crippen molar-refractivity contribution in [2.45, 2.75) is 20.4 Å². The van der Waals surface area contributed by atoms with E-state index < -0.39 is 5.14 Å². The van der Waals surface area contributed by atoms with Crippen molar-refractivity contribution >= 4 is 28.7 Å². The van der Waals surface area contributed by atoms with Gasteiger partial charge in [-0.05, 0) is 48.8 Å². The predicted molar refractivity (Wildman–Crippen MR) is 119 cm³/mol. The third kappa shape index (κ3) is 4.97. The van der Waals surface area contributed by atoms with Gasteiger partial charge >= 0.3 is 0 Å². The van der Waals surface area contributed by atoms with E-state index in [0.717, 1.165) is 13.1 Å². The van der Waals surface area contributed by atoms with Crippen LogP contribution < -0.4 is 9.47 Å². The molecule has 8 nitrogen and oxygen atoms in total. The van der Waals surface area contributed by atoms with Gasteiger partial charge in [0, 0.05) is 41.5 Å². The lowest BCUT2D eigenvalue weighted by Gasteiger charge is -2.29. The molecule has 2 aliphatic heterocycles. The van der Waals surface area contributed by atoms with Crippen LogP contribution in [0.15, 0.2) is 72.4 Å². The van der Waals surface area contributed by atoms with Gasteiger partial charge in [-0.2, -0.15) is 4.57 Å². The van der Waals surface area contributed by atoms with Crippen molar-refractivity contribution < 1.29 is 25.2 Å². The number of hydrogen-bond acceptors (Lipinski definition) is 5. The average molecular weight is 423 g/mol. The van der Waals surface area contributed by atoms with Crippen LogP contribution in [0.1, 0.15) is 25.1 Å². The molecular weight excluding hydrogens is 398 g/mol. The Balaban J connectivity index is 0.000000401. The van der Waals surface area contributed by atoms with Gasteiger partial charge in [-0.3, -0.25) is 0 Å². The molecule has 0 bridgehead atoms. The molecule has 0 spiro atoms. The van der Waals surface area contributed by atoms with Gasteiger partial charge in [-0.1, -0.05) is 36.4 Å². The maximum Gasteiger partial charge on any atom is 0.212 e. The second-order valence-electron chi connectivity index (χ2n) is 6.86. The number of rotatable bonds is 3. The van der Waals surface area contributed by atoms with E-state index >= 15 is 0 Å². The minimum absolute atomic E-state index is 0. The molecule has 0 aliphatic carbocycles. The first-order valence-electron chi connectivity index (χ1n) is 9.89. The first-order chi connectivity index (χ1) is 14.5. The standard InChI is InChI=1S/C23H23N2.NO4.H2O/c1-3-24-20(15-13-18-9-5-7-11-22(18)24)17-21-16-14-19-10-6-8-12-23(19)25(21)4-2;2-1(3)4-5-1;/h5-17H,3-4H2,1-2H3;;1H2/q+1;-1;. The lowest BCUT2D eigenvalue weighted by molar-refractivity contribution is -0.883. The summed E-state index contributed by atoms with van der Waals surface area (Å²) in [4.78, 5) is 8.82. The van der Waals surface area contributed by atoms with Crippen LogP contribution in [0.4, 0.5) is 5.69 Å². The number of aromatic nitrogens is 1. The molecule has 3 aromatic rings. The Hall–Kier alpha value is -3.11. The summed E-state index contributed by atoms with van der Waals surface area (Å²) in [5.74, 6) is 0. The van der Waals surface area contributed by atoms with E-state index in [-0.39, 0.29) is 5.48 Å². The summed E-state index contributed by atoms with van der Waals surface area (Å²) in [6, 6.07) is 21.6. The second-order valence-corrected chi connectivity index (χ2v) is 6.86. The first-order valence-corrected chi connectivity index (χ1v) is 9.89. The summed E-state index contributed by atoms with van der Waals surface area (Å²) in [5.41, 5.74) is 6.31. The molecule has 31 heavy (non-hydrogen) atoms. The Labute approximate surface area is 180 Å². The first kappa shape index (κ1) is 22.6. The molecule has 1 fully saturated rings. The van der Waals surface area contributed by atoms with Crippen LogP contribution >= 0.6 is 0 Å². The van der Waals surface area contributed by atoms with Gasteiger partial charge in [0.15, 0.2) is 0 Å². The number of anilines is 1. The highest BCUT2D eigenvalue weighted by Gasteiger charge is 2.30. The van der Waals surface area contributed by atoms with Gasteiger partial charge in [-0.25, -0.2) is 0 Å². The molecule has 1 aromatic heterocycles. The summed E-state index contributed by atoms with van der Waals surface area (Å²) in [5, 5.41) is 17.3. The quantitative estimate of drug-likeness (QED) is 0.209. The zero-order chi connectivity index (χ0) is 21.1. The van der Waals surface area contributed by atoms with E-state index in [2.05, 4.69) is 112 Å². The minimum Gasteiger partial charge on any atom is -0.557 e. The molecule has 5 rings (SSSR count). The van der Waals surface area contributed by atoms with Crippen molar-refractivity contribution in [1.29, 1.82) is 0 Å². The minimum atomic E-state index is -2.25. The molecule has 0 radical (unpaired) electrons. The van der Waals surface area contributed by atoms with Crippen LogP contribution in [-0.2, 0) is 16.5 Å². The highest BCUT2D eigenvalue weighted by Crippen LogP contribution is 2.31. The van der Waals surface area contributed by atoms with E-state index in [9.17, 15) is 0 Å². The monoisotopic (exact) mass is 423 g/mol. The molecular formula is C23H25N3O5. The van der Waals surface area contributed by atoms with E-state index in [1.807, 2.05) is 0 Å². The van der Waals surface area contributed by atoms with Crippen LogP contribution in [0, 0.1) is 10.4 Å². The molecule has 0 atom stereocenters. The topological polar surface area (TPSA) is 110 Å². The van der Waals surface area contributed by atoms with E-state index in [1.165, 1.54) is 33.5 Å². The summed E-state index contributed by atoms with van der Waals surface area (Å²) in [6.45, 7) is 6.32. The number of quaternary nitrogens is 1. The number of pyridine rings is 1. The molecule has 3 heterocycles. The second kappa shape index (κ2) is 9.36. The van der Waals surface area contributed by atoms with Crippen LogP contribution in [-0.4, -0.2) is 17.2 Å². The number of fused-ring (bicyclic) bond motifs is 2. The van der Waals surface area contributed by atoms with Crippen molar-refractivity contribution in [2.24, 2.45) is 0 Å². The van der Waals surface area contributed by atoms with Crippen LogP contribution in [0.5, 0.6) is 0 Å². The lowest BCUT2D eigenvalue weighted by atomic mass is 10.0. The fraction of sp³-hybridized carbons (Fsp3) is 0.174. The maximum atomic E-state index is 9.15. The zero-order valence-corrected chi connectivity index (χ0v) is 17.4. The lowest BCUT2D eigenvalue weighted by Crippen LogP contribution is -2.37. The summed E-state index contributed by atoms with van der Waals surface area (Å²) in [6.07, 6.45) is 6.73. The summed E-state index contributed by atoms with van der Waals surface area (Å²) >= 11 is 0. The Morgan fingerprint density at radius 1 is 0.935 bits per heavy atom. The third-order valence-electron chi connectivity index (χ3n) is 5.07. The number of hydrogen-bond donors (Lipinski definition) is 0. The third-order valence-corrected chi connectivity index (χ3v) is 5.07. The zero-order valence-electron chi connectivity index (χ0n) is 17.4. The molecule has 0 saturated carbocycles. The van der Waals surface area contributed by atoms with Crippen LogP contribution in [0.3, 0.4) is 0 Å². The van der Waals surface area contributed by atoms with E-state index in [1.54, 1.807) is 0 Å². The Kier molecular flexibility index (Phi) is 6.81. The normalized spacial score (nSPS) is 16.9. The van der Waals surface area contributed by atoms with Gasteiger partial charge in [0.05, 0.1) is 9.98 Å². The fourth-order valence-electron chi connectivity index (χ4n) is 3.69. The van der Waals surface area contributed by atoms with E-state index in [4.69, 9.17) is 10.4 Å². The Morgan fingerprint density at radius 2 is 1.61 bits per heavy atom. The average Bonchev–Trinajstić information content (AvgIpc) is 3.48. The van der Waals surface area contributed by atoms with Gasteiger partial charge in [0.1, 0.15) is 6.54 Å². The van der Waals surface area contributed by atoms with Gasteiger partial charge in [0.25, 0.3) is 0 Å². The molecule has 1 saturated heterocycles. The van der Waals surface area contributed by atoms with Crippen molar-refractivity contribution in [3.8, 4) is 0 Å². The van der Waals surface area contributed by atoms with Crippen molar-refractivity contribution in [2.75, 3.05) is 11.4 Å². The smallest absolute Gasteiger partial charge is 0.212 e. The van der Waals surface area contributed by atoms with Crippen LogP contribution in [0.2, 0.25) is 0 Å². The number of para-hydroxylation sites is 2. The van der Waals surface area contributed by atoms with E-state index in [0.29, 0.717) is 0 Å². The maximum absolute atomic E-state index is 9.15. The molecule has 2 N–H and O–H groups in total. The molecule has 162 valence electrons. The fourth-order valence-corrected chi connectivity index (χ4v) is 3.69. The molecule has 0 amide bonds.